The first kappa shape index (κ1) is 18.8. The molecule has 0 saturated heterocycles. The highest BCUT2D eigenvalue weighted by Crippen LogP contribution is 2.43. The molecule has 0 radical (unpaired) electrons. The van der Waals surface area contributed by atoms with Gasteiger partial charge in [-0.2, -0.15) is 4.98 Å². The number of oxazole rings is 1. The summed E-state index contributed by atoms with van der Waals surface area (Å²) in [4.78, 5) is 5.82. The molecule has 1 aromatic carbocycles. The number of hydrogen-bond donors (Lipinski definition) is 0. The van der Waals surface area contributed by atoms with E-state index in [-0.39, 0.29) is 0 Å². The van der Waals surface area contributed by atoms with E-state index in [1.54, 1.807) is 11.8 Å². The van der Waals surface area contributed by atoms with E-state index in [1.807, 2.05) is 18.2 Å². The Morgan fingerprint density at radius 3 is 1.96 bits per heavy atom. The van der Waals surface area contributed by atoms with E-state index < -0.39 is 8.07 Å². The second-order valence-corrected chi connectivity index (χ2v) is 14.5. The van der Waals surface area contributed by atoms with Crippen molar-refractivity contribution in [1.29, 1.82) is 0 Å². The van der Waals surface area contributed by atoms with E-state index >= 15 is 0 Å². The van der Waals surface area contributed by atoms with Crippen LogP contribution in [0.5, 0.6) is 0 Å². The molecule has 2 rings (SSSR count). The fourth-order valence-electron chi connectivity index (χ4n) is 3.97. The summed E-state index contributed by atoms with van der Waals surface area (Å²) in [5.41, 5.74) is 1.80. The van der Waals surface area contributed by atoms with Gasteiger partial charge in [0.1, 0.15) is 18.1 Å². The molecule has 5 heteroatoms. The zero-order valence-corrected chi connectivity index (χ0v) is 18.2. The van der Waals surface area contributed by atoms with Crippen molar-refractivity contribution in [2.45, 2.75) is 68.3 Å². The fraction of sp³-hybridized carbons (Fsp3) is 0.500. The molecule has 2 aromatic rings. The summed E-state index contributed by atoms with van der Waals surface area (Å²) >= 11 is 5.28. The molecule has 126 valence electrons. The highest BCUT2D eigenvalue weighted by molar-refractivity contribution is 9.10. The molecule has 0 unspecified atom stereocenters. The van der Waals surface area contributed by atoms with Crippen LogP contribution in [0.4, 0.5) is 0 Å². The van der Waals surface area contributed by atoms with Crippen LogP contribution in [0.2, 0.25) is 16.6 Å². The van der Waals surface area contributed by atoms with Crippen LogP contribution in [0.3, 0.4) is 0 Å². The Hall–Kier alpha value is -0.523. The average molecular weight is 412 g/mol. The first-order valence-electron chi connectivity index (χ1n) is 8.19. The van der Waals surface area contributed by atoms with Gasteiger partial charge in [-0.1, -0.05) is 59.7 Å². The lowest BCUT2D eigenvalue weighted by molar-refractivity contribution is 0.472. The Morgan fingerprint density at radius 1 is 0.957 bits per heavy atom. The molecular weight excluding hydrogens is 386 g/mol. The number of rotatable bonds is 6. The standard InChI is InChI=1S/C18H26BrNOSSi/c1-12(2)23(13(3)4,14(5)6)17-16(19)20-18(21-17)22-15-10-8-7-9-11-15/h7-14H,1-6H3. The van der Waals surface area contributed by atoms with Gasteiger partial charge >= 0.3 is 0 Å². The van der Waals surface area contributed by atoms with Gasteiger partial charge in [-0.15, -0.1) is 0 Å². The minimum atomic E-state index is -1.83. The Kier molecular flexibility index (Phi) is 6.20. The van der Waals surface area contributed by atoms with Crippen molar-refractivity contribution in [3.05, 3.63) is 34.9 Å². The Labute approximate surface area is 153 Å². The molecule has 0 spiro atoms. The van der Waals surface area contributed by atoms with Gasteiger partial charge in [0.05, 0.1) is 0 Å². The molecule has 0 saturated carbocycles. The zero-order valence-electron chi connectivity index (χ0n) is 14.8. The fourth-order valence-corrected chi connectivity index (χ4v) is 12.4. The summed E-state index contributed by atoms with van der Waals surface area (Å²) in [5, 5.41) is 1.85. The monoisotopic (exact) mass is 411 g/mol. The van der Waals surface area contributed by atoms with Crippen molar-refractivity contribution in [3.8, 4) is 0 Å². The van der Waals surface area contributed by atoms with Crippen molar-refractivity contribution >= 4 is 41.1 Å². The molecule has 0 N–H and O–H groups in total. The van der Waals surface area contributed by atoms with Gasteiger partial charge in [-0.05, 0) is 56.4 Å². The third-order valence-electron chi connectivity index (χ3n) is 4.77. The topological polar surface area (TPSA) is 26.0 Å². The molecule has 0 amide bonds. The molecule has 23 heavy (non-hydrogen) atoms. The van der Waals surface area contributed by atoms with Crippen molar-refractivity contribution in [3.63, 3.8) is 0 Å². The van der Waals surface area contributed by atoms with E-state index in [4.69, 9.17) is 4.42 Å². The van der Waals surface area contributed by atoms with E-state index in [0.29, 0.717) is 16.6 Å². The molecule has 0 aliphatic rings. The molecule has 2 nitrogen and oxygen atoms in total. The first-order valence-corrected chi connectivity index (χ1v) is 12.0. The number of halogens is 1. The lowest BCUT2D eigenvalue weighted by Crippen LogP contribution is -2.55. The minimum absolute atomic E-state index is 0.598. The molecule has 1 heterocycles. The normalized spacial score (nSPS) is 12.6. The van der Waals surface area contributed by atoms with Crippen LogP contribution in [0.15, 0.2) is 49.5 Å². The number of benzene rings is 1. The molecule has 0 aliphatic heterocycles. The predicted octanol–water partition coefficient (Wildman–Crippen LogP) is 6.47. The highest BCUT2D eigenvalue weighted by atomic mass is 79.9. The molecule has 0 bridgehead atoms. The number of hydrogen-bond acceptors (Lipinski definition) is 3. The summed E-state index contributed by atoms with van der Waals surface area (Å²) in [6, 6.07) is 10.3. The van der Waals surface area contributed by atoms with Gasteiger partial charge in [-0.25, -0.2) is 0 Å². The summed E-state index contributed by atoms with van der Waals surface area (Å²) in [6.45, 7) is 14.0. The van der Waals surface area contributed by atoms with Crippen molar-refractivity contribution in [2.24, 2.45) is 0 Å². The summed E-state index contributed by atoms with van der Waals surface area (Å²) in [6.07, 6.45) is 0. The summed E-state index contributed by atoms with van der Waals surface area (Å²) < 4.78 is 7.24. The smallest absolute Gasteiger partial charge is 0.261 e. The molecular formula is C18H26BrNOSSi. The SMILES string of the molecule is CC(C)[Si](c1oc(Sc2ccccc2)nc1Br)(C(C)C)C(C)C. The third-order valence-corrected chi connectivity index (χ3v) is 13.4. The second kappa shape index (κ2) is 7.58. The number of aromatic nitrogens is 1. The van der Waals surface area contributed by atoms with Crippen molar-refractivity contribution < 1.29 is 4.42 Å². The van der Waals surface area contributed by atoms with Crippen molar-refractivity contribution in [2.75, 3.05) is 0 Å². The van der Waals surface area contributed by atoms with E-state index in [9.17, 15) is 0 Å². The third kappa shape index (κ3) is 3.61. The number of nitrogens with zero attached hydrogens (tertiary/aromatic N) is 1. The Balaban J connectivity index is 2.46. The predicted molar refractivity (Wildman–Crippen MR) is 105 cm³/mol. The highest BCUT2D eigenvalue weighted by Gasteiger charge is 2.49. The molecule has 1 aromatic heterocycles. The minimum Gasteiger partial charge on any atom is -0.440 e. The molecule has 0 atom stereocenters. The molecule has 0 fully saturated rings. The maximum absolute atomic E-state index is 6.33. The van der Waals surface area contributed by atoms with Gasteiger partial charge < -0.3 is 4.42 Å². The van der Waals surface area contributed by atoms with E-state index in [2.05, 4.69) is 74.6 Å². The Morgan fingerprint density at radius 2 is 1.48 bits per heavy atom. The van der Waals surface area contributed by atoms with Crippen molar-refractivity contribution in [1.82, 2.24) is 4.98 Å². The van der Waals surface area contributed by atoms with Gasteiger partial charge in [0, 0.05) is 4.90 Å². The summed E-state index contributed by atoms with van der Waals surface area (Å²) in [7, 11) is -1.83. The lowest BCUT2D eigenvalue weighted by atomic mass is 10.4. The summed E-state index contributed by atoms with van der Waals surface area (Å²) in [5.74, 6) is 0. The van der Waals surface area contributed by atoms with Gasteiger partial charge in [-0.3, -0.25) is 0 Å². The maximum atomic E-state index is 6.33. The van der Waals surface area contributed by atoms with Crippen LogP contribution in [0.25, 0.3) is 0 Å². The van der Waals surface area contributed by atoms with Gasteiger partial charge in [0.15, 0.2) is 0 Å². The maximum Gasteiger partial charge on any atom is 0.261 e. The van der Waals surface area contributed by atoms with Gasteiger partial charge in [0.2, 0.25) is 0 Å². The average Bonchev–Trinajstić information content (AvgIpc) is 2.80. The quantitative estimate of drug-likeness (QED) is 0.508. The van der Waals surface area contributed by atoms with Gasteiger partial charge in [0.25, 0.3) is 5.22 Å². The van der Waals surface area contributed by atoms with Crippen LogP contribution in [0.1, 0.15) is 41.5 Å². The molecule has 0 aliphatic carbocycles. The second-order valence-electron chi connectivity index (χ2n) is 6.91. The lowest BCUT2D eigenvalue weighted by Gasteiger charge is -2.40. The van der Waals surface area contributed by atoms with Crippen LogP contribution < -0.4 is 5.38 Å². The zero-order chi connectivity index (χ0) is 17.2. The van der Waals surface area contributed by atoms with E-state index in [0.717, 1.165) is 20.1 Å². The van der Waals surface area contributed by atoms with Crippen LogP contribution in [-0.2, 0) is 0 Å². The largest absolute Gasteiger partial charge is 0.440 e. The van der Waals surface area contributed by atoms with E-state index in [1.165, 1.54) is 0 Å². The Bertz CT molecular complexity index is 618. The van der Waals surface area contributed by atoms with Crippen LogP contribution in [0, 0.1) is 0 Å². The van der Waals surface area contributed by atoms with Crippen LogP contribution >= 0.6 is 27.7 Å². The first-order chi connectivity index (χ1) is 10.8. The van der Waals surface area contributed by atoms with Crippen LogP contribution in [-0.4, -0.2) is 13.1 Å².